The number of nitrogens with zero attached hydrogens (tertiary/aromatic N) is 1. The molecule has 0 aliphatic carbocycles. The molecular formula is C22H37FN5O12P. The maximum absolute atomic E-state index is 15.1. The standard InChI is InChI=1S/C22H37FN5O12P/c1-20(2,3)17(31)35-9-38-41(33,39-10-36-18(32)21(4,5)6)37-8-22(34-7)13(29)11(23)16(40-22)26-14-12(24)15(30)28-19(25)27-14/h11,13,16,29H,8-10,24H2,1-7H3,(H4,25,26,27,28,30)/t11-,13+,16-,22-/m1/s1. The number of hydrogen-bond acceptors (Lipinski definition) is 16. The van der Waals surface area contributed by atoms with Crippen LogP contribution in [0.1, 0.15) is 41.5 Å². The predicted molar refractivity (Wildman–Crippen MR) is 139 cm³/mol. The third-order valence-electron chi connectivity index (χ3n) is 5.42. The molecule has 2 rings (SSSR count). The van der Waals surface area contributed by atoms with E-state index in [2.05, 4.69) is 15.3 Å². The van der Waals surface area contributed by atoms with Crippen molar-refractivity contribution < 1.29 is 56.2 Å². The average molecular weight is 614 g/mol. The Morgan fingerprint density at radius 2 is 1.61 bits per heavy atom. The first-order valence-corrected chi connectivity index (χ1v) is 13.6. The summed E-state index contributed by atoms with van der Waals surface area (Å²) in [6, 6.07) is 0. The van der Waals surface area contributed by atoms with Crippen LogP contribution in [0.15, 0.2) is 4.79 Å². The lowest BCUT2D eigenvalue weighted by Crippen LogP contribution is -2.47. The zero-order valence-electron chi connectivity index (χ0n) is 23.7. The number of esters is 2. The number of aliphatic hydroxyl groups is 1. The fraction of sp³-hybridized carbons (Fsp3) is 0.727. The van der Waals surface area contributed by atoms with Crippen LogP contribution in [0.5, 0.6) is 0 Å². The summed E-state index contributed by atoms with van der Waals surface area (Å²) in [5.41, 5.74) is 8.03. The quantitative estimate of drug-likeness (QED) is 0.125. The van der Waals surface area contributed by atoms with Gasteiger partial charge in [-0.15, -0.1) is 0 Å². The summed E-state index contributed by atoms with van der Waals surface area (Å²) in [5, 5.41) is 13.0. The number of alkyl halides is 1. The number of carbonyl (C=O) groups excluding carboxylic acids is 2. The van der Waals surface area contributed by atoms with E-state index in [1.165, 1.54) is 0 Å². The third-order valence-corrected chi connectivity index (χ3v) is 6.70. The number of anilines is 3. The number of phosphoric acid groups is 1. The van der Waals surface area contributed by atoms with Crippen LogP contribution in [-0.2, 0) is 46.7 Å². The van der Waals surface area contributed by atoms with E-state index in [-0.39, 0.29) is 11.8 Å². The number of aliphatic hydroxyl groups excluding tert-OH is 1. The molecule has 41 heavy (non-hydrogen) atoms. The van der Waals surface area contributed by atoms with Gasteiger partial charge in [0, 0.05) is 7.11 Å². The molecule has 2 heterocycles. The molecule has 0 unspecified atom stereocenters. The Morgan fingerprint density at radius 1 is 1.10 bits per heavy atom. The molecule has 234 valence electrons. The SMILES string of the molecule is CO[C@]1(COP(=O)(OCOC(=O)C(C)(C)C)OCOC(=O)C(C)(C)C)O[C@@H](Nc2nc(N)[nH]c(=O)c2N)[C@H](F)[C@@H]1O. The molecule has 7 N–H and O–H groups in total. The Hall–Kier alpha value is -2.86. The van der Waals surface area contributed by atoms with Crippen molar-refractivity contribution in [2.24, 2.45) is 10.8 Å². The van der Waals surface area contributed by atoms with Crippen LogP contribution in [0.2, 0.25) is 0 Å². The molecule has 1 saturated heterocycles. The van der Waals surface area contributed by atoms with Gasteiger partial charge in [0.1, 0.15) is 18.4 Å². The van der Waals surface area contributed by atoms with Crippen LogP contribution in [0.3, 0.4) is 0 Å². The molecule has 4 atom stereocenters. The zero-order chi connectivity index (χ0) is 31.4. The van der Waals surface area contributed by atoms with Gasteiger partial charge in [-0.2, -0.15) is 4.98 Å². The van der Waals surface area contributed by atoms with E-state index in [4.69, 9.17) is 44.0 Å². The van der Waals surface area contributed by atoms with Crippen molar-refractivity contribution in [3.63, 3.8) is 0 Å². The van der Waals surface area contributed by atoms with Gasteiger partial charge in [-0.1, -0.05) is 0 Å². The Labute approximate surface area is 234 Å². The minimum absolute atomic E-state index is 0.337. The van der Waals surface area contributed by atoms with Gasteiger partial charge in [0.25, 0.3) is 5.56 Å². The Morgan fingerprint density at radius 3 is 2.07 bits per heavy atom. The van der Waals surface area contributed by atoms with Crippen molar-refractivity contribution in [1.82, 2.24) is 9.97 Å². The summed E-state index contributed by atoms with van der Waals surface area (Å²) in [5.74, 6) is -4.44. The summed E-state index contributed by atoms with van der Waals surface area (Å²) >= 11 is 0. The first-order valence-electron chi connectivity index (χ1n) is 12.1. The van der Waals surface area contributed by atoms with Crippen LogP contribution >= 0.6 is 7.82 Å². The fourth-order valence-electron chi connectivity index (χ4n) is 2.96. The molecule has 1 fully saturated rings. The predicted octanol–water partition coefficient (Wildman–Crippen LogP) is 0.996. The summed E-state index contributed by atoms with van der Waals surface area (Å²) < 4.78 is 64.3. The van der Waals surface area contributed by atoms with E-state index in [0.29, 0.717) is 0 Å². The highest BCUT2D eigenvalue weighted by atomic mass is 31.2. The summed E-state index contributed by atoms with van der Waals surface area (Å²) in [7, 11) is -3.73. The van der Waals surface area contributed by atoms with E-state index in [9.17, 15) is 24.1 Å². The number of nitrogen functional groups attached to an aromatic ring is 2. The number of aromatic nitrogens is 2. The lowest BCUT2D eigenvalue weighted by Gasteiger charge is -2.31. The highest BCUT2D eigenvalue weighted by molar-refractivity contribution is 7.48. The molecule has 0 amide bonds. The molecule has 0 saturated carbocycles. The average Bonchev–Trinajstić information content (AvgIpc) is 3.09. The molecule has 19 heteroatoms. The van der Waals surface area contributed by atoms with Crippen molar-refractivity contribution in [3.8, 4) is 0 Å². The van der Waals surface area contributed by atoms with Crippen LogP contribution in [-0.4, -0.2) is 78.6 Å². The van der Waals surface area contributed by atoms with Crippen molar-refractivity contribution in [2.75, 3.05) is 44.1 Å². The molecule has 0 spiro atoms. The number of H-pyrrole nitrogens is 1. The van der Waals surface area contributed by atoms with Gasteiger partial charge in [-0.25, -0.2) is 18.0 Å². The molecule has 1 aliphatic heterocycles. The van der Waals surface area contributed by atoms with Gasteiger partial charge < -0.3 is 40.8 Å². The monoisotopic (exact) mass is 613 g/mol. The van der Waals surface area contributed by atoms with Gasteiger partial charge in [0.05, 0.1) is 10.8 Å². The van der Waals surface area contributed by atoms with Gasteiger partial charge in [0.2, 0.25) is 25.3 Å². The van der Waals surface area contributed by atoms with Gasteiger partial charge in [0.15, 0.2) is 18.2 Å². The molecule has 0 radical (unpaired) electrons. The van der Waals surface area contributed by atoms with Crippen LogP contribution < -0.4 is 22.3 Å². The Bertz CT molecular complexity index is 1170. The van der Waals surface area contributed by atoms with Crippen LogP contribution in [0.25, 0.3) is 0 Å². The van der Waals surface area contributed by atoms with Crippen LogP contribution in [0.4, 0.5) is 21.8 Å². The second-order valence-corrected chi connectivity index (χ2v) is 12.5. The number of carbonyl (C=O) groups is 2. The molecule has 17 nitrogen and oxygen atoms in total. The number of nitrogens with one attached hydrogen (secondary N) is 2. The first kappa shape index (κ1) is 34.3. The van der Waals surface area contributed by atoms with Gasteiger partial charge in [-0.05, 0) is 41.5 Å². The van der Waals surface area contributed by atoms with Gasteiger partial charge in [-0.3, -0.25) is 23.9 Å². The summed E-state index contributed by atoms with van der Waals surface area (Å²) in [4.78, 5) is 41.9. The smallest absolute Gasteiger partial charge is 0.437 e. The second-order valence-electron chi connectivity index (χ2n) is 10.9. The van der Waals surface area contributed by atoms with E-state index in [1.54, 1.807) is 41.5 Å². The molecule has 0 aromatic carbocycles. The highest BCUT2D eigenvalue weighted by Crippen LogP contribution is 2.51. The van der Waals surface area contributed by atoms with Crippen LogP contribution in [0, 0.1) is 10.8 Å². The minimum atomic E-state index is -4.76. The Kier molecular flexibility index (Phi) is 10.9. The summed E-state index contributed by atoms with van der Waals surface area (Å²) in [6.45, 7) is 6.59. The highest BCUT2D eigenvalue weighted by Gasteiger charge is 2.57. The van der Waals surface area contributed by atoms with Crippen molar-refractivity contribution >= 4 is 37.2 Å². The molecule has 1 aromatic rings. The number of methoxy groups -OCH3 is 1. The van der Waals surface area contributed by atoms with Gasteiger partial charge >= 0.3 is 19.8 Å². The number of aromatic amines is 1. The van der Waals surface area contributed by atoms with E-state index in [0.717, 1.165) is 7.11 Å². The van der Waals surface area contributed by atoms with Crippen molar-refractivity contribution in [3.05, 3.63) is 10.4 Å². The fourth-order valence-corrected chi connectivity index (χ4v) is 3.89. The summed E-state index contributed by atoms with van der Waals surface area (Å²) in [6.07, 6.45) is -6.02. The molecule has 1 aromatic heterocycles. The number of halogens is 1. The number of rotatable bonds is 12. The normalized spacial score (nSPS) is 23.3. The Balaban J connectivity index is 2.20. The van der Waals surface area contributed by atoms with E-state index < -0.39 is 86.3 Å². The first-order chi connectivity index (χ1) is 18.7. The maximum Gasteiger partial charge on any atom is 0.480 e. The largest absolute Gasteiger partial charge is 0.480 e. The number of nitrogens with two attached hydrogens (primary N) is 2. The maximum atomic E-state index is 15.1. The second kappa shape index (κ2) is 13.0. The van der Waals surface area contributed by atoms with E-state index in [1.807, 2.05) is 0 Å². The van der Waals surface area contributed by atoms with Crippen molar-refractivity contribution in [2.45, 2.75) is 65.8 Å². The molecule has 0 bridgehead atoms. The van der Waals surface area contributed by atoms with E-state index >= 15 is 4.39 Å². The number of ether oxygens (including phenoxy) is 4. The third kappa shape index (κ3) is 8.81. The van der Waals surface area contributed by atoms with Crippen molar-refractivity contribution in [1.29, 1.82) is 0 Å². The lowest BCUT2D eigenvalue weighted by molar-refractivity contribution is -0.257. The lowest BCUT2D eigenvalue weighted by atomic mass is 9.98. The molecule has 1 aliphatic rings. The number of hydrogen-bond donors (Lipinski definition) is 5. The number of phosphoric ester groups is 1. The molecular weight excluding hydrogens is 576 g/mol. The minimum Gasteiger partial charge on any atom is -0.437 e. The topological polar surface area (TPSA) is 246 Å². The zero-order valence-corrected chi connectivity index (χ0v) is 24.6.